The SMILES string of the molecule is O=Cc1cc(C(=O)c2ccccc2Cl)ccc1F. The molecule has 0 amide bonds. The molecule has 0 saturated carbocycles. The van der Waals surface area contributed by atoms with Crippen LogP contribution in [0, 0.1) is 5.82 Å². The van der Waals surface area contributed by atoms with Gasteiger partial charge in [-0.05, 0) is 30.3 Å². The first-order chi connectivity index (χ1) is 8.63. The Morgan fingerprint density at radius 2 is 1.89 bits per heavy atom. The van der Waals surface area contributed by atoms with Crippen LogP contribution in [-0.4, -0.2) is 12.1 Å². The van der Waals surface area contributed by atoms with Crippen LogP contribution in [0.1, 0.15) is 26.3 Å². The van der Waals surface area contributed by atoms with Crippen LogP contribution in [0.25, 0.3) is 0 Å². The van der Waals surface area contributed by atoms with E-state index in [1.54, 1.807) is 24.3 Å². The van der Waals surface area contributed by atoms with Crippen molar-refractivity contribution in [3.05, 3.63) is 70.0 Å². The van der Waals surface area contributed by atoms with Gasteiger partial charge in [-0.25, -0.2) is 4.39 Å². The number of halogens is 2. The van der Waals surface area contributed by atoms with E-state index in [4.69, 9.17) is 11.6 Å². The van der Waals surface area contributed by atoms with Gasteiger partial charge in [-0.15, -0.1) is 0 Å². The molecule has 0 aliphatic heterocycles. The van der Waals surface area contributed by atoms with Gasteiger partial charge in [0.25, 0.3) is 0 Å². The summed E-state index contributed by atoms with van der Waals surface area (Å²) in [5.41, 5.74) is 0.405. The number of hydrogen-bond acceptors (Lipinski definition) is 2. The second kappa shape index (κ2) is 5.10. The summed E-state index contributed by atoms with van der Waals surface area (Å²) < 4.78 is 13.1. The Bertz CT molecular complexity index is 623. The van der Waals surface area contributed by atoms with Gasteiger partial charge in [-0.2, -0.15) is 0 Å². The highest BCUT2D eigenvalue weighted by molar-refractivity contribution is 6.35. The summed E-state index contributed by atoms with van der Waals surface area (Å²) in [5, 5.41) is 0.319. The Kier molecular flexibility index (Phi) is 3.53. The number of carbonyl (C=O) groups is 2. The van der Waals surface area contributed by atoms with Crippen LogP contribution in [0.3, 0.4) is 0 Å². The summed E-state index contributed by atoms with van der Waals surface area (Å²) >= 11 is 5.91. The molecule has 0 aliphatic rings. The quantitative estimate of drug-likeness (QED) is 0.626. The van der Waals surface area contributed by atoms with Crippen molar-refractivity contribution in [2.45, 2.75) is 0 Å². The van der Waals surface area contributed by atoms with Gasteiger partial charge in [0.2, 0.25) is 0 Å². The number of hydrogen-bond donors (Lipinski definition) is 0. The molecule has 2 aromatic rings. The molecule has 0 spiro atoms. The van der Waals surface area contributed by atoms with Crippen molar-refractivity contribution < 1.29 is 14.0 Å². The molecule has 0 saturated heterocycles. The summed E-state index contributed by atoms with van der Waals surface area (Å²) in [6.45, 7) is 0. The second-order valence-electron chi connectivity index (χ2n) is 3.66. The maximum absolute atomic E-state index is 13.1. The molecule has 2 aromatic carbocycles. The molecule has 0 unspecified atom stereocenters. The van der Waals surface area contributed by atoms with Gasteiger partial charge in [0, 0.05) is 11.1 Å². The van der Waals surface area contributed by atoms with Gasteiger partial charge < -0.3 is 0 Å². The number of aldehydes is 1. The zero-order valence-electron chi connectivity index (χ0n) is 9.19. The second-order valence-corrected chi connectivity index (χ2v) is 4.07. The number of rotatable bonds is 3. The van der Waals surface area contributed by atoms with Crippen LogP contribution in [0.4, 0.5) is 4.39 Å². The smallest absolute Gasteiger partial charge is 0.194 e. The number of ketones is 1. The lowest BCUT2D eigenvalue weighted by Crippen LogP contribution is -2.03. The van der Waals surface area contributed by atoms with E-state index in [0.717, 1.165) is 6.07 Å². The van der Waals surface area contributed by atoms with E-state index in [1.807, 2.05) is 0 Å². The summed E-state index contributed by atoms with van der Waals surface area (Å²) in [6, 6.07) is 10.2. The Morgan fingerprint density at radius 1 is 1.17 bits per heavy atom. The molecule has 90 valence electrons. The fraction of sp³-hybridized carbons (Fsp3) is 0. The molecule has 18 heavy (non-hydrogen) atoms. The minimum absolute atomic E-state index is 0.145. The highest BCUT2D eigenvalue weighted by atomic mass is 35.5. The van der Waals surface area contributed by atoms with E-state index < -0.39 is 5.82 Å². The molecule has 0 radical (unpaired) electrons. The monoisotopic (exact) mass is 262 g/mol. The third-order valence-corrected chi connectivity index (χ3v) is 2.83. The van der Waals surface area contributed by atoms with E-state index in [9.17, 15) is 14.0 Å². The summed E-state index contributed by atoms with van der Waals surface area (Å²) in [7, 11) is 0. The van der Waals surface area contributed by atoms with Crippen LogP contribution in [0.5, 0.6) is 0 Å². The average molecular weight is 263 g/mol. The van der Waals surface area contributed by atoms with Crippen molar-refractivity contribution in [1.29, 1.82) is 0 Å². The van der Waals surface area contributed by atoms with Crippen molar-refractivity contribution in [1.82, 2.24) is 0 Å². The zero-order chi connectivity index (χ0) is 13.1. The lowest BCUT2D eigenvalue weighted by atomic mass is 10.0. The van der Waals surface area contributed by atoms with Gasteiger partial charge in [-0.1, -0.05) is 23.7 Å². The van der Waals surface area contributed by atoms with Crippen molar-refractivity contribution in [3.63, 3.8) is 0 Å². The highest BCUT2D eigenvalue weighted by Gasteiger charge is 2.14. The first kappa shape index (κ1) is 12.5. The average Bonchev–Trinajstić information content (AvgIpc) is 2.39. The Hall–Kier alpha value is -2.00. The predicted octanol–water partition coefficient (Wildman–Crippen LogP) is 3.52. The topological polar surface area (TPSA) is 34.1 Å². The molecular formula is C14H8ClFO2. The molecular weight excluding hydrogens is 255 g/mol. The molecule has 0 N–H and O–H groups in total. The molecule has 4 heteroatoms. The minimum Gasteiger partial charge on any atom is -0.298 e. The van der Waals surface area contributed by atoms with Crippen molar-refractivity contribution >= 4 is 23.7 Å². The molecule has 0 aromatic heterocycles. The third kappa shape index (κ3) is 2.31. The Balaban J connectivity index is 2.47. The van der Waals surface area contributed by atoms with Crippen LogP contribution < -0.4 is 0 Å². The first-order valence-electron chi connectivity index (χ1n) is 5.17. The van der Waals surface area contributed by atoms with Crippen LogP contribution >= 0.6 is 11.6 Å². The lowest BCUT2D eigenvalue weighted by molar-refractivity contribution is 0.103. The molecule has 0 heterocycles. The largest absolute Gasteiger partial charge is 0.298 e. The predicted molar refractivity (Wildman–Crippen MR) is 66.7 cm³/mol. The van der Waals surface area contributed by atoms with Crippen molar-refractivity contribution in [3.8, 4) is 0 Å². The standard InChI is InChI=1S/C14H8ClFO2/c15-12-4-2-1-3-11(12)14(18)9-5-6-13(16)10(7-9)8-17/h1-8H. The van der Waals surface area contributed by atoms with E-state index in [2.05, 4.69) is 0 Å². The van der Waals surface area contributed by atoms with Crippen LogP contribution in [-0.2, 0) is 0 Å². The molecule has 0 fully saturated rings. The molecule has 0 atom stereocenters. The van der Waals surface area contributed by atoms with Crippen LogP contribution in [0.2, 0.25) is 5.02 Å². The maximum atomic E-state index is 13.1. The van der Waals surface area contributed by atoms with Gasteiger partial charge in [0.15, 0.2) is 12.1 Å². The van der Waals surface area contributed by atoms with Crippen molar-refractivity contribution in [2.24, 2.45) is 0 Å². The normalized spacial score (nSPS) is 10.1. The lowest BCUT2D eigenvalue weighted by Gasteiger charge is -2.04. The van der Waals surface area contributed by atoms with Gasteiger partial charge in [-0.3, -0.25) is 9.59 Å². The maximum Gasteiger partial charge on any atom is 0.194 e. The third-order valence-electron chi connectivity index (χ3n) is 2.50. The van der Waals surface area contributed by atoms with E-state index in [1.165, 1.54) is 12.1 Å². The highest BCUT2D eigenvalue weighted by Crippen LogP contribution is 2.20. The van der Waals surface area contributed by atoms with Gasteiger partial charge in [0.05, 0.1) is 10.6 Å². The van der Waals surface area contributed by atoms with Gasteiger partial charge >= 0.3 is 0 Å². The molecule has 0 aliphatic carbocycles. The molecule has 2 rings (SSSR count). The summed E-state index contributed by atoms with van der Waals surface area (Å²) in [5.74, 6) is -0.996. The Morgan fingerprint density at radius 3 is 2.56 bits per heavy atom. The molecule has 0 bridgehead atoms. The van der Waals surface area contributed by atoms with E-state index in [0.29, 0.717) is 16.9 Å². The summed E-state index contributed by atoms with van der Waals surface area (Å²) in [4.78, 5) is 22.8. The minimum atomic E-state index is -0.652. The number of carbonyl (C=O) groups excluding carboxylic acids is 2. The van der Waals surface area contributed by atoms with E-state index >= 15 is 0 Å². The zero-order valence-corrected chi connectivity index (χ0v) is 9.95. The summed E-state index contributed by atoms with van der Waals surface area (Å²) in [6.07, 6.45) is 0.374. The first-order valence-corrected chi connectivity index (χ1v) is 5.55. The van der Waals surface area contributed by atoms with Crippen LogP contribution in [0.15, 0.2) is 42.5 Å². The van der Waals surface area contributed by atoms with E-state index in [-0.39, 0.29) is 16.9 Å². The fourth-order valence-corrected chi connectivity index (χ4v) is 1.80. The Labute approximate surface area is 108 Å². The van der Waals surface area contributed by atoms with Gasteiger partial charge in [0.1, 0.15) is 5.82 Å². The molecule has 2 nitrogen and oxygen atoms in total. The fourth-order valence-electron chi connectivity index (χ4n) is 1.58. The van der Waals surface area contributed by atoms with Crippen molar-refractivity contribution in [2.75, 3.05) is 0 Å². The number of benzene rings is 2.